The van der Waals surface area contributed by atoms with Crippen molar-refractivity contribution in [2.45, 2.75) is 26.4 Å². The topological polar surface area (TPSA) is 79.3 Å². The Balaban J connectivity index is 2.12. The van der Waals surface area contributed by atoms with Crippen LogP contribution in [-0.2, 0) is 4.74 Å². The highest BCUT2D eigenvalue weighted by Gasteiger charge is 2.11. The maximum absolute atomic E-state index is 9.68. The van der Waals surface area contributed by atoms with Gasteiger partial charge in [0.1, 0.15) is 10.6 Å². The third-order valence-corrected chi connectivity index (χ3v) is 3.92. The van der Waals surface area contributed by atoms with E-state index in [0.29, 0.717) is 25.5 Å². The second-order valence-corrected chi connectivity index (χ2v) is 6.06. The molecule has 0 amide bonds. The zero-order chi connectivity index (χ0) is 15.2. The minimum atomic E-state index is -0.461. The fourth-order valence-corrected chi connectivity index (χ4v) is 2.93. The van der Waals surface area contributed by atoms with Crippen LogP contribution in [0.15, 0.2) is 6.07 Å². The standard InChI is InChI=1S/C14H22N4O2S/c1-4-15-14-17-12(16-6-5-10(19)8-20-3)11-7-9(2)21-13(11)18-14/h7,10,19H,4-6,8H2,1-3H3,(H2,15,16,17,18). The molecule has 0 aromatic carbocycles. The molecule has 0 spiro atoms. The van der Waals surface area contributed by atoms with E-state index in [1.807, 2.05) is 6.92 Å². The van der Waals surface area contributed by atoms with Crippen LogP contribution in [0.2, 0.25) is 0 Å². The molecule has 2 heterocycles. The van der Waals surface area contributed by atoms with Crippen molar-refractivity contribution in [3.63, 3.8) is 0 Å². The van der Waals surface area contributed by atoms with Gasteiger partial charge in [0.05, 0.1) is 18.1 Å². The van der Waals surface area contributed by atoms with E-state index in [1.54, 1.807) is 18.4 Å². The molecule has 0 aliphatic rings. The molecular formula is C14H22N4O2S. The summed E-state index contributed by atoms with van der Waals surface area (Å²) in [6, 6.07) is 2.09. The SMILES string of the molecule is CCNc1nc(NCCC(O)COC)c2cc(C)sc2n1. The molecule has 1 atom stereocenters. The Bertz CT molecular complexity index is 588. The van der Waals surface area contributed by atoms with Crippen molar-refractivity contribution < 1.29 is 9.84 Å². The zero-order valence-corrected chi connectivity index (χ0v) is 13.5. The van der Waals surface area contributed by atoms with E-state index in [4.69, 9.17) is 4.74 Å². The molecule has 3 N–H and O–H groups in total. The normalized spacial score (nSPS) is 12.6. The maximum atomic E-state index is 9.68. The van der Waals surface area contributed by atoms with Crippen LogP contribution in [0.25, 0.3) is 10.2 Å². The molecule has 0 aliphatic heterocycles. The number of thiophene rings is 1. The molecule has 2 aromatic rings. The Hall–Kier alpha value is -1.44. The lowest BCUT2D eigenvalue weighted by molar-refractivity contribution is 0.0615. The fraction of sp³-hybridized carbons (Fsp3) is 0.571. The number of ether oxygens (including phenoxy) is 1. The third-order valence-electron chi connectivity index (χ3n) is 2.98. The van der Waals surface area contributed by atoms with Crippen molar-refractivity contribution >= 4 is 33.3 Å². The number of rotatable bonds is 8. The Morgan fingerprint density at radius 1 is 1.38 bits per heavy atom. The lowest BCUT2D eigenvalue weighted by Crippen LogP contribution is -2.19. The van der Waals surface area contributed by atoms with Crippen LogP contribution in [0, 0.1) is 6.92 Å². The summed E-state index contributed by atoms with van der Waals surface area (Å²) in [6.45, 7) is 5.84. The Kier molecular flexibility index (Phi) is 5.72. The monoisotopic (exact) mass is 310 g/mol. The molecule has 116 valence electrons. The molecule has 0 saturated heterocycles. The van der Waals surface area contributed by atoms with E-state index in [0.717, 1.165) is 22.6 Å². The van der Waals surface area contributed by atoms with Gasteiger partial charge in [0.25, 0.3) is 0 Å². The van der Waals surface area contributed by atoms with Crippen LogP contribution in [0.3, 0.4) is 0 Å². The van der Waals surface area contributed by atoms with Gasteiger partial charge in [-0.3, -0.25) is 0 Å². The van der Waals surface area contributed by atoms with E-state index in [-0.39, 0.29) is 0 Å². The number of hydrogen-bond acceptors (Lipinski definition) is 7. The highest BCUT2D eigenvalue weighted by molar-refractivity contribution is 7.18. The van der Waals surface area contributed by atoms with Crippen molar-refractivity contribution in [3.05, 3.63) is 10.9 Å². The molecule has 2 rings (SSSR count). The molecule has 0 radical (unpaired) electrons. The molecule has 0 fully saturated rings. The van der Waals surface area contributed by atoms with Gasteiger partial charge < -0.3 is 20.5 Å². The second-order valence-electron chi connectivity index (χ2n) is 4.83. The van der Waals surface area contributed by atoms with Crippen molar-refractivity contribution in [3.8, 4) is 0 Å². The number of hydrogen-bond donors (Lipinski definition) is 3. The Labute approximate surface area is 128 Å². The van der Waals surface area contributed by atoms with Gasteiger partial charge in [-0.15, -0.1) is 11.3 Å². The minimum absolute atomic E-state index is 0.348. The van der Waals surface area contributed by atoms with Crippen LogP contribution in [0.1, 0.15) is 18.2 Å². The summed E-state index contributed by atoms with van der Waals surface area (Å²) in [7, 11) is 1.58. The maximum Gasteiger partial charge on any atom is 0.226 e. The lowest BCUT2D eigenvalue weighted by atomic mass is 10.2. The molecule has 6 nitrogen and oxygen atoms in total. The van der Waals surface area contributed by atoms with E-state index >= 15 is 0 Å². The molecular weight excluding hydrogens is 288 g/mol. The summed E-state index contributed by atoms with van der Waals surface area (Å²) in [5.74, 6) is 1.44. The predicted molar refractivity (Wildman–Crippen MR) is 87.3 cm³/mol. The summed E-state index contributed by atoms with van der Waals surface area (Å²) in [5.41, 5.74) is 0. The molecule has 1 unspecified atom stereocenters. The van der Waals surface area contributed by atoms with Gasteiger partial charge in [-0.05, 0) is 26.3 Å². The second kappa shape index (κ2) is 7.53. The van der Waals surface area contributed by atoms with Crippen molar-refractivity contribution in [2.75, 3.05) is 37.4 Å². The Morgan fingerprint density at radius 2 is 2.19 bits per heavy atom. The summed E-state index contributed by atoms with van der Waals surface area (Å²) in [6.07, 6.45) is 0.149. The predicted octanol–water partition coefficient (Wildman–Crippen LogP) is 2.24. The number of aromatic nitrogens is 2. The van der Waals surface area contributed by atoms with Crippen molar-refractivity contribution in [2.24, 2.45) is 0 Å². The van der Waals surface area contributed by atoms with Gasteiger partial charge in [-0.2, -0.15) is 4.98 Å². The number of fused-ring (bicyclic) bond motifs is 1. The quantitative estimate of drug-likeness (QED) is 0.694. The number of aliphatic hydroxyl groups is 1. The first-order valence-corrected chi connectivity index (χ1v) is 7.88. The molecule has 0 saturated carbocycles. The van der Waals surface area contributed by atoms with Crippen LogP contribution in [-0.4, -0.2) is 48.0 Å². The molecule has 0 aliphatic carbocycles. The first kappa shape index (κ1) is 15.9. The average molecular weight is 310 g/mol. The molecule has 7 heteroatoms. The molecule has 21 heavy (non-hydrogen) atoms. The average Bonchev–Trinajstić information content (AvgIpc) is 2.80. The van der Waals surface area contributed by atoms with Crippen molar-refractivity contribution in [1.82, 2.24) is 9.97 Å². The zero-order valence-electron chi connectivity index (χ0n) is 12.6. The van der Waals surface area contributed by atoms with Crippen LogP contribution in [0.4, 0.5) is 11.8 Å². The van der Waals surface area contributed by atoms with Gasteiger partial charge in [0.2, 0.25) is 5.95 Å². The van der Waals surface area contributed by atoms with Gasteiger partial charge in [0.15, 0.2) is 0 Å². The first-order chi connectivity index (χ1) is 10.1. The minimum Gasteiger partial charge on any atom is -0.391 e. The summed E-state index contributed by atoms with van der Waals surface area (Å²) < 4.78 is 4.92. The number of nitrogens with zero attached hydrogens (tertiary/aromatic N) is 2. The smallest absolute Gasteiger partial charge is 0.226 e. The van der Waals surface area contributed by atoms with Gasteiger partial charge in [-0.25, -0.2) is 4.98 Å². The van der Waals surface area contributed by atoms with E-state index in [9.17, 15) is 5.11 Å². The van der Waals surface area contributed by atoms with Crippen LogP contribution >= 0.6 is 11.3 Å². The number of nitrogens with one attached hydrogen (secondary N) is 2. The van der Waals surface area contributed by atoms with Crippen LogP contribution in [0.5, 0.6) is 0 Å². The summed E-state index contributed by atoms with van der Waals surface area (Å²) in [4.78, 5) is 11.2. The van der Waals surface area contributed by atoms with E-state index in [2.05, 4.69) is 33.6 Å². The van der Waals surface area contributed by atoms with Gasteiger partial charge >= 0.3 is 0 Å². The van der Waals surface area contributed by atoms with Crippen molar-refractivity contribution in [1.29, 1.82) is 0 Å². The van der Waals surface area contributed by atoms with Gasteiger partial charge in [-0.1, -0.05) is 0 Å². The fourth-order valence-electron chi connectivity index (χ4n) is 2.05. The highest BCUT2D eigenvalue weighted by Crippen LogP contribution is 2.29. The number of methoxy groups -OCH3 is 1. The molecule has 2 aromatic heterocycles. The van der Waals surface area contributed by atoms with Gasteiger partial charge in [0, 0.05) is 25.1 Å². The van der Waals surface area contributed by atoms with E-state index < -0.39 is 6.10 Å². The number of aliphatic hydroxyl groups excluding tert-OH is 1. The first-order valence-electron chi connectivity index (χ1n) is 7.07. The lowest BCUT2D eigenvalue weighted by Gasteiger charge is -2.12. The highest BCUT2D eigenvalue weighted by atomic mass is 32.1. The largest absolute Gasteiger partial charge is 0.391 e. The van der Waals surface area contributed by atoms with Crippen LogP contribution < -0.4 is 10.6 Å². The number of anilines is 2. The molecule has 0 bridgehead atoms. The summed E-state index contributed by atoms with van der Waals surface area (Å²) in [5, 5.41) is 17.1. The summed E-state index contributed by atoms with van der Waals surface area (Å²) >= 11 is 1.65. The van der Waals surface area contributed by atoms with E-state index in [1.165, 1.54) is 4.88 Å². The Morgan fingerprint density at radius 3 is 2.90 bits per heavy atom. The third kappa shape index (κ3) is 4.26. The number of aryl methyl sites for hydroxylation is 1.